The Hall–Kier alpha value is -3.51. The summed E-state index contributed by atoms with van der Waals surface area (Å²) in [6.45, 7) is 0. The summed E-state index contributed by atoms with van der Waals surface area (Å²) < 4.78 is 55.3. The van der Waals surface area contributed by atoms with Crippen LogP contribution >= 0.6 is 22.9 Å². The quantitative estimate of drug-likeness (QED) is 0.393. The van der Waals surface area contributed by atoms with Crippen LogP contribution in [0.3, 0.4) is 0 Å². The highest BCUT2D eigenvalue weighted by Gasteiger charge is 2.35. The first kappa shape index (κ1) is 22.7. The molecular formula is C20H12ClF4N5O2S. The molecule has 0 aliphatic rings. The number of anilines is 1. The predicted molar refractivity (Wildman–Crippen MR) is 115 cm³/mol. The Morgan fingerprint density at radius 3 is 2.42 bits per heavy atom. The second-order valence-corrected chi connectivity index (χ2v) is 8.27. The van der Waals surface area contributed by atoms with Gasteiger partial charge < -0.3 is 11.1 Å². The molecule has 0 spiro atoms. The van der Waals surface area contributed by atoms with Gasteiger partial charge in [-0.1, -0.05) is 23.7 Å². The third-order valence-electron chi connectivity index (χ3n) is 4.57. The fourth-order valence-corrected chi connectivity index (χ4v) is 4.45. The van der Waals surface area contributed by atoms with Crippen molar-refractivity contribution in [1.29, 1.82) is 0 Å². The SMILES string of the molecule is Cn1cc(Cl)c(C(=O)Nc2c(C(N)=O)sc3nc(C(F)(F)F)cc(-c4ccc(F)cc4)c23)n1. The van der Waals surface area contributed by atoms with Crippen LogP contribution in [0.25, 0.3) is 21.3 Å². The number of nitrogens with zero attached hydrogens (tertiary/aromatic N) is 3. The molecule has 0 unspecified atom stereocenters. The molecule has 0 aliphatic heterocycles. The van der Waals surface area contributed by atoms with Crippen LogP contribution in [0, 0.1) is 5.82 Å². The molecule has 4 aromatic rings. The summed E-state index contributed by atoms with van der Waals surface area (Å²) in [5, 5.41) is 6.47. The number of hydrogen-bond acceptors (Lipinski definition) is 5. The van der Waals surface area contributed by atoms with Crippen LogP contribution in [-0.2, 0) is 13.2 Å². The van der Waals surface area contributed by atoms with Crippen LogP contribution in [0.4, 0.5) is 23.2 Å². The van der Waals surface area contributed by atoms with E-state index < -0.39 is 29.5 Å². The number of aromatic nitrogens is 3. The number of carbonyl (C=O) groups excluding carboxylic acids is 2. The van der Waals surface area contributed by atoms with E-state index in [0.717, 1.165) is 18.2 Å². The molecule has 3 heterocycles. The van der Waals surface area contributed by atoms with E-state index in [1.807, 2.05) is 0 Å². The topological polar surface area (TPSA) is 103 Å². The van der Waals surface area contributed by atoms with Crippen molar-refractivity contribution in [3.8, 4) is 11.1 Å². The molecule has 0 radical (unpaired) electrons. The molecule has 13 heteroatoms. The molecule has 0 bridgehead atoms. The van der Waals surface area contributed by atoms with Gasteiger partial charge in [-0.3, -0.25) is 14.3 Å². The summed E-state index contributed by atoms with van der Waals surface area (Å²) in [6.07, 6.45) is -3.43. The third-order valence-corrected chi connectivity index (χ3v) is 5.94. The highest BCUT2D eigenvalue weighted by Crippen LogP contribution is 2.43. The number of alkyl halides is 3. The van der Waals surface area contributed by atoms with E-state index in [0.29, 0.717) is 11.3 Å². The zero-order chi connectivity index (χ0) is 24.1. The lowest BCUT2D eigenvalue weighted by atomic mass is 10.0. The van der Waals surface area contributed by atoms with Crippen molar-refractivity contribution in [2.75, 3.05) is 5.32 Å². The lowest BCUT2D eigenvalue weighted by Gasteiger charge is -2.12. The molecule has 1 aromatic carbocycles. The van der Waals surface area contributed by atoms with Gasteiger partial charge in [-0.15, -0.1) is 11.3 Å². The smallest absolute Gasteiger partial charge is 0.365 e. The standard InChI is InChI=1S/C20H12ClF4N5O2S/c1-30-7-11(21)14(29-30)18(32)28-15-13-10(8-2-4-9(22)5-3-8)6-12(20(23,24)25)27-19(13)33-16(15)17(26)31/h2-7H,1H3,(H2,26,31)(H,28,32). The maximum atomic E-state index is 13.5. The number of primary amides is 1. The van der Waals surface area contributed by atoms with Crippen molar-refractivity contribution in [3.05, 3.63) is 63.6 Å². The molecule has 0 aliphatic carbocycles. The molecule has 4 rings (SSSR count). The van der Waals surface area contributed by atoms with Crippen molar-refractivity contribution in [1.82, 2.24) is 14.8 Å². The minimum Gasteiger partial charge on any atom is -0.365 e. The molecule has 2 amide bonds. The molecule has 0 atom stereocenters. The van der Waals surface area contributed by atoms with Gasteiger partial charge in [-0.25, -0.2) is 9.37 Å². The Bertz CT molecular complexity index is 1410. The number of thiophene rings is 1. The molecule has 3 N–H and O–H groups in total. The minimum atomic E-state index is -4.80. The maximum Gasteiger partial charge on any atom is 0.433 e. The van der Waals surface area contributed by atoms with E-state index in [2.05, 4.69) is 15.4 Å². The van der Waals surface area contributed by atoms with Crippen LogP contribution in [0.15, 0.2) is 36.5 Å². The van der Waals surface area contributed by atoms with E-state index in [4.69, 9.17) is 17.3 Å². The molecule has 0 saturated carbocycles. The largest absolute Gasteiger partial charge is 0.433 e. The van der Waals surface area contributed by atoms with Gasteiger partial charge in [0.2, 0.25) is 0 Å². The Balaban J connectivity index is 1.99. The van der Waals surface area contributed by atoms with Gasteiger partial charge >= 0.3 is 6.18 Å². The van der Waals surface area contributed by atoms with Crippen LogP contribution in [0.1, 0.15) is 25.9 Å². The average Bonchev–Trinajstić information content (AvgIpc) is 3.26. The van der Waals surface area contributed by atoms with Gasteiger partial charge in [0.25, 0.3) is 11.8 Å². The first-order chi connectivity index (χ1) is 15.5. The lowest BCUT2D eigenvalue weighted by molar-refractivity contribution is -0.140. The van der Waals surface area contributed by atoms with E-state index in [1.54, 1.807) is 0 Å². The summed E-state index contributed by atoms with van der Waals surface area (Å²) in [6, 6.07) is 5.45. The molecule has 33 heavy (non-hydrogen) atoms. The number of aryl methyl sites for hydroxylation is 1. The van der Waals surface area contributed by atoms with Gasteiger partial charge in [0, 0.05) is 18.6 Å². The summed E-state index contributed by atoms with van der Waals surface area (Å²) in [5.41, 5.74) is 4.07. The maximum absolute atomic E-state index is 13.5. The van der Waals surface area contributed by atoms with Crippen LogP contribution in [-0.4, -0.2) is 26.6 Å². The van der Waals surface area contributed by atoms with Gasteiger partial charge in [-0.2, -0.15) is 18.3 Å². The van der Waals surface area contributed by atoms with Crippen molar-refractivity contribution in [2.45, 2.75) is 6.18 Å². The summed E-state index contributed by atoms with van der Waals surface area (Å²) >= 11 is 6.60. The Morgan fingerprint density at radius 2 is 1.88 bits per heavy atom. The van der Waals surface area contributed by atoms with Crippen molar-refractivity contribution in [3.63, 3.8) is 0 Å². The number of rotatable bonds is 4. The zero-order valence-corrected chi connectivity index (χ0v) is 18.1. The predicted octanol–water partition coefficient (Wildman–Crippen LogP) is 4.86. The fourth-order valence-electron chi connectivity index (χ4n) is 3.18. The normalized spacial score (nSPS) is 11.7. The monoisotopic (exact) mass is 497 g/mol. The molecule has 170 valence electrons. The van der Waals surface area contributed by atoms with Gasteiger partial charge in [0.15, 0.2) is 5.69 Å². The number of benzene rings is 1. The lowest BCUT2D eigenvalue weighted by Crippen LogP contribution is -2.17. The number of carbonyl (C=O) groups is 2. The van der Waals surface area contributed by atoms with Gasteiger partial charge in [0.05, 0.1) is 10.7 Å². The Morgan fingerprint density at radius 1 is 1.21 bits per heavy atom. The van der Waals surface area contributed by atoms with Crippen LogP contribution in [0.2, 0.25) is 5.02 Å². The molecule has 3 aromatic heterocycles. The van der Waals surface area contributed by atoms with E-state index in [9.17, 15) is 27.2 Å². The van der Waals surface area contributed by atoms with Crippen molar-refractivity contribution >= 4 is 50.7 Å². The van der Waals surface area contributed by atoms with E-state index in [-0.39, 0.29) is 42.6 Å². The summed E-state index contributed by atoms with van der Waals surface area (Å²) in [7, 11) is 1.53. The Kier molecular flexibility index (Phi) is 5.58. The summed E-state index contributed by atoms with van der Waals surface area (Å²) in [5.74, 6) is -2.40. The molecule has 7 nitrogen and oxygen atoms in total. The number of nitrogens with one attached hydrogen (secondary N) is 1. The van der Waals surface area contributed by atoms with Crippen LogP contribution < -0.4 is 11.1 Å². The number of halogens is 5. The average molecular weight is 498 g/mol. The number of nitrogens with two attached hydrogens (primary N) is 1. The zero-order valence-electron chi connectivity index (χ0n) is 16.5. The van der Waals surface area contributed by atoms with Gasteiger partial charge in [-0.05, 0) is 29.3 Å². The molecule has 0 saturated heterocycles. The van der Waals surface area contributed by atoms with Crippen molar-refractivity contribution < 1.29 is 27.2 Å². The highest BCUT2D eigenvalue weighted by atomic mass is 35.5. The third kappa shape index (κ3) is 4.26. The first-order valence-electron chi connectivity index (χ1n) is 9.06. The molecular weight excluding hydrogens is 486 g/mol. The minimum absolute atomic E-state index is 0.0198. The molecule has 0 fully saturated rings. The first-order valence-corrected chi connectivity index (χ1v) is 10.3. The second-order valence-electron chi connectivity index (χ2n) is 6.86. The van der Waals surface area contributed by atoms with Crippen LogP contribution in [0.5, 0.6) is 0 Å². The number of fused-ring (bicyclic) bond motifs is 1. The van der Waals surface area contributed by atoms with E-state index >= 15 is 0 Å². The summed E-state index contributed by atoms with van der Waals surface area (Å²) in [4.78, 5) is 28.1. The van der Waals surface area contributed by atoms with Crippen molar-refractivity contribution in [2.24, 2.45) is 12.8 Å². The number of pyridine rings is 1. The second kappa shape index (κ2) is 8.12. The number of hydrogen-bond donors (Lipinski definition) is 2. The van der Waals surface area contributed by atoms with E-state index in [1.165, 1.54) is 30.1 Å². The highest BCUT2D eigenvalue weighted by molar-refractivity contribution is 7.21. The number of amides is 2. The van der Waals surface area contributed by atoms with Gasteiger partial charge in [0.1, 0.15) is 21.2 Å². The Labute approximate surface area is 191 Å². The fraction of sp³-hybridized carbons (Fsp3) is 0.100.